The average molecular weight is 731 g/mol. The van der Waals surface area contributed by atoms with Gasteiger partial charge in [-0.15, -0.1) is 0 Å². The van der Waals surface area contributed by atoms with E-state index < -0.39 is 0 Å². The highest BCUT2D eigenvalue weighted by atomic mass is 127. The van der Waals surface area contributed by atoms with Crippen LogP contribution in [0.3, 0.4) is 0 Å². The van der Waals surface area contributed by atoms with Crippen LogP contribution < -0.4 is 29.1 Å². The van der Waals surface area contributed by atoms with Gasteiger partial charge in [-0.1, -0.05) is 65.9 Å². The van der Waals surface area contributed by atoms with E-state index in [1.807, 2.05) is 53.1 Å². The van der Waals surface area contributed by atoms with Crippen LogP contribution in [0, 0.1) is 9.39 Å². The molecule has 7 rings (SSSR count). The molecule has 9 heteroatoms. The van der Waals surface area contributed by atoms with E-state index in [0.717, 1.165) is 50.1 Å². The molecule has 5 aromatic rings. The second-order valence-electron chi connectivity index (χ2n) is 10.8. The lowest BCUT2D eigenvalue weighted by Crippen LogP contribution is -2.38. The number of aryl methyl sites for hydroxylation is 1. The monoisotopic (exact) mass is 730 g/mol. The summed E-state index contributed by atoms with van der Waals surface area (Å²) in [5, 5.41) is 0. The van der Waals surface area contributed by atoms with Gasteiger partial charge in [0, 0.05) is 11.1 Å². The summed E-state index contributed by atoms with van der Waals surface area (Å²) in [6.45, 7) is 0.0656. The predicted molar refractivity (Wildman–Crippen MR) is 182 cm³/mol. The molecular weight excluding hydrogens is 702 g/mol. The van der Waals surface area contributed by atoms with Crippen molar-refractivity contribution in [1.82, 2.24) is 4.57 Å². The molecule has 6 nitrogen and oxygen atoms in total. The Morgan fingerprint density at radius 3 is 2.56 bits per heavy atom. The number of fused-ring (bicyclic) bond motifs is 3. The molecule has 1 aromatic heterocycles. The zero-order valence-corrected chi connectivity index (χ0v) is 27.5. The normalized spacial score (nSPS) is 15.6. The van der Waals surface area contributed by atoms with Crippen molar-refractivity contribution in [3.63, 3.8) is 0 Å². The number of halogens is 2. The fraction of sp³-hybridized carbons (Fsp3) is 0.167. The lowest BCUT2D eigenvalue weighted by Gasteiger charge is -2.30. The SMILES string of the molecule is COc1ccc([C@@H]2C3=C(N=c4s/c(=C\c5cc(I)c(OCc6ccccc6F)c(OC)c5)c(=O)n42)c2ccccc2CC3)cc1. The molecule has 2 heterocycles. The van der Waals surface area contributed by atoms with Crippen LogP contribution in [0.25, 0.3) is 11.8 Å². The Balaban J connectivity index is 1.33. The van der Waals surface area contributed by atoms with Crippen molar-refractivity contribution in [2.45, 2.75) is 25.5 Å². The van der Waals surface area contributed by atoms with Crippen molar-refractivity contribution in [2.24, 2.45) is 4.99 Å². The molecular formula is C36H28FIN2O4S. The number of allylic oxidation sites excluding steroid dienone is 1. The minimum absolute atomic E-state index is 0.0656. The summed E-state index contributed by atoms with van der Waals surface area (Å²) < 4.78 is 34.5. The Labute approximate surface area is 276 Å². The molecule has 4 aromatic carbocycles. The van der Waals surface area contributed by atoms with Crippen LogP contribution in [-0.4, -0.2) is 18.8 Å². The van der Waals surface area contributed by atoms with Gasteiger partial charge in [-0.2, -0.15) is 0 Å². The van der Waals surface area contributed by atoms with E-state index in [9.17, 15) is 9.18 Å². The topological polar surface area (TPSA) is 62.0 Å². The van der Waals surface area contributed by atoms with Crippen LogP contribution in [0.1, 0.15) is 40.3 Å². The molecule has 226 valence electrons. The van der Waals surface area contributed by atoms with Gasteiger partial charge in [0.25, 0.3) is 5.56 Å². The standard InChI is InChI=1S/C36H28FIN2O4S/c1-42-25-14-11-23(12-15-25)33-27-16-13-22-7-3-5-9-26(22)32(27)39-36-40(33)35(41)31(45-36)19-21-17-29(38)34(30(18-21)43-2)44-20-24-8-4-6-10-28(24)37/h3-12,14-15,17-19,33H,13,16,20H2,1-2H3/b31-19-/t33-/m1/s1. The Morgan fingerprint density at radius 2 is 1.78 bits per heavy atom. The molecule has 0 N–H and O–H groups in total. The smallest absolute Gasteiger partial charge is 0.271 e. The van der Waals surface area contributed by atoms with E-state index in [1.165, 1.54) is 23.0 Å². The second kappa shape index (κ2) is 12.3. The van der Waals surface area contributed by atoms with Gasteiger partial charge in [-0.05, 0) is 94.1 Å². The number of methoxy groups -OCH3 is 2. The fourth-order valence-corrected chi connectivity index (χ4v) is 7.77. The van der Waals surface area contributed by atoms with E-state index in [4.69, 9.17) is 19.2 Å². The Bertz CT molecular complexity index is 2150. The zero-order chi connectivity index (χ0) is 31.1. The number of aromatic nitrogens is 1. The van der Waals surface area contributed by atoms with Gasteiger partial charge in [0.2, 0.25) is 0 Å². The molecule has 0 fully saturated rings. The summed E-state index contributed by atoms with van der Waals surface area (Å²) in [4.78, 5) is 20.0. The Kier molecular flexibility index (Phi) is 8.05. The van der Waals surface area contributed by atoms with Gasteiger partial charge in [0.05, 0.1) is 34.1 Å². The van der Waals surface area contributed by atoms with E-state index in [1.54, 1.807) is 32.4 Å². The summed E-state index contributed by atoms with van der Waals surface area (Å²) in [7, 11) is 3.21. The third-order valence-electron chi connectivity index (χ3n) is 8.18. The molecule has 1 atom stereocenters. The van der Waals surface area contributed by atoms with Gasteiger partial charge in [-0.3, -0.25) is 9.36 Å². The second-order valence-corrected chi connectivity index (χ2v) is 13.0. The molecule has 45 heavy (non-hydrogen) atoms. The number of rotatable bonds is 7. The first kappa shape index (κ1) is 29.5. The first-order valence-electron chi connectivity index (χ1n) is 14.5. The van der Waals surface area contributed by atoms with Gasteiger partial charge in [0.15, 0.2) is 16.3 Å². The molecule has 1 aliphatic carbocycles. The molecule has 0 spiro atoms. The lowest BCUT2D eigenvalue weighted by molar-refractivity contribution is 0.277. The van der Waals surface area contributed by atoms with E-state index in [2.05, 4.69) is 40.8 Å². The zero-order valence-electron chi connectivity index (χ0n) is 24.6. The van der Waals surface area contributed by atoms with Crippen LogP contribution in [-0.2, 0) is 13.0 Å². The first-order valence-corrected chi connectivity index (χ1v) is 16.4. The Morgan fingerprint density at radius 1 is 1.00 bits per heavy atom. The van der Waals surface area contributed by atoms with Crippen LogP contribution in [0.2, 0.25) is 0 Å². The van der Waals surface area contributed by atoms with Crippen molar-refractivity contribution < 1.29 is 18.6 Å². The minimum atomic E-state index is -0.323. The molecule has 0 amide bonds. The van der Waals surface area contributed by atoms with Crippen molar-refractivity contribution >= 4 is 45.7 Å². The highest BCUT2D eigenvalue weighted by Gasteiger charge is 2.32. The number of hydrogen-bond donors (Lipinski definition) is 0. The third-order valence-corrected chi connectivity index (χ3v) is 9.97. The highest BCUT2D eigenvalue weighted by molar-refractivity contribution is 14.1. The summed E-state index contributed by atoms with van der Waals surface area (Å²) in [6, 6.07) is 26.3. The van der Waals surface area contributed by atoms with Crippen LogP contribution in [0.4, 0.5) is 4.39 Å². The maximum absolute atomic E-state index is 14.2. The highest BCUT2D eigenvalue weighted by Crippen LogP contribution is 2.41. The van der Waals surface area contributed by atoms with Crippen LogP contribution >= 0.6 is 33.9 Å². The van der Waals surface area contributed by atoms with Crippen LogP contribution in [0.15, 0.2) is 100 Å². The summed E-state index contributed by atoms with van der Waals surface area (Å²) >= 11 is 3.56. The molecule has 1 aliphatic heterocycles. The van der Waals surface area contributed by atoms with Gasteiger partial charge in [-0.25, -0.2) is 9.38 Å². The maximum Gasteiger partial charge on any atom is 0.271 e. The molecule has 0 bridgehead atoms. The Hall–Kier alpha value is -4.22. The largest absolute Gasteiger partial charge is 0.497 e. The number of ether oxygens (including phenoxy) is 3. The number of nitrogens with zero attached hydrogens (tertiary/aromatic N) is 2. The summed E-state index contributed by atoms with van der Waals surface area (Å²) in [6.07, 6.45) is 3.59. The lowest BCUT2D eigenvalue weighted by atomic mass is 9.83. The average Bonchev–Trinajstić information content (AvgIpc) is 3.37. The summed E-state index contributed by atoms with van der Waals surface area (Å²) in [5.74, 6) is 1.46. The number of thiazole rings is 1. The summed E-state index contributed by atoms with van der Waals surface area (Å²) in [5.41, 5.74) is 6.65. The van der Waals surface area contributed by atoms with E-state index in [0.29, 0.717) is 26.4 Å². The van der Waals surface area contributed by atoms with Crippen molar-refractivity contribution in [2.75, 3.05) is 14.2 Å². The molecule has 0 radical (unpaired) electrons. The van der Waals surface area contributed by atoms with Crippen molar-refractivity contribution in [3.8, 4) is 17.2 Å². The molecule has 0 saturated heterocycles. The molecule has 0 unspecified atom stereocenters. The van der Waals surface area contributed by atoms with Gasteiger partial charge < -0.3 is 14.2 Å². The van der Waals surface area contributed by atoms with E-state index in [-0.39, 0.29) is 24.0 Å². The van der Waals surface area contributed by atoms with Crippen LogP contribution in [0.5, 0.6) is 17.2 Å². The van der Waals surface area contributed by atoms with Crippen molar-refractivity contribution in [3.05, 3.63) is 147 Å². The molecule has 2 aliphatic rings. The van der Waals surface area contributed by atoms with Crippen molar-refractivity contribution in [1.29, 1.82) is 0 Å². The van der Waals surface area contributed by atoms with Gasteiger partial charge in [0.1, 0.15) is 18.2 Å². The number of hydrogen-bond acceptors (Lipinski definition) is 6. The quantitative estimate of drug-likeness (QED) is 0.176. The van der Waals surface area contributed by atoms with Gasteiger partial charge >= 0.3 is 0 Å². The number of benzene rings is 4. The minimum Gasteiger partial charge on any atom is -0.497 e. The third kappa shape index (κ3) is 5.48. The maximum atomic E-state index is 14.2. The first-order chi connectivity index (χ1) is 21.9. The fourth-order valence-electron chi connectivity index (χ4n) is 5.99. The molecule has 0 saturated carbocycles. The predicted octanol–water partition coefficient (Wildman–Crippen LogP) is 6.66. The van der Waals surface area contributed by atoms with E-state index >= 15 is 0 Å².